The fraction of sp³-hybridized carbons (Fsp3) is 1.00. The molecule has 0 radical (unpaired) electrons. The minimum absolute atomic E-state index is 0. The molecule has 0 aromatic heterocycles. The Morgan fingerprint density at radius 3 is 0.923 bits per heavy atom. The zero-order chi connectivity index (χ0) is 8.81. The van der Waals surface area contributed by atoms with Crippen LogP contribution in [0.5, 0.6) is 0 Å². The smallest absolute Gasteiger partial charge is 0.0443 e. The van der Waals surface area contributed by atoms with Crippen LogP contribution in [0.3, 0.4) is 0 Å². The second-order valence-corrected chi connectivity index (χ2v) is 4.78. The van der Waals surface area contributed by atoms with Crippen molar-refractivity contribution in [2.75, 3.05) is 0 Å². The van der Waals surface area contributed by atoms with Crippen LogP contribution in [0.25, 0.3) is 0 Å². The van der Waals surface area contributed by atoms with Crippen LogP contribution in [0.1, 0.15) is 72.6 Å². The number of hydrogen-bond donors (Lipinski definition) is 0. The molecular formula is C13H28. The second-order valence-electron chi connectivity index (χ2n) is 4.78. The third kappa shape index (κ3) is 6.12. The standard InChI is InChI=1S/2C6H12.CH4/c2*1-6-4-2-3-5-6;/h2*6H,2-5H2,1H3;1H4. The molecular weight excluding hydrogens is 156 g/mol. The molecule has 0 unspecified atom stereocenters. The molecule has 2 rings (SSSR count). The summed E-state index contributed by atoms with van der Waals surface area (Å²) in [6.45, 7) is 4.68. The normalized spacial score (nSPS) is 23.5. The molecule has 0 heterocycles. The van der Waals surface area contributed by atoms with Crippen LogP contribution >= 0.6 is 0 Å². The predicted octanol–water partition coefficient (Wildman–Crippen LogP) is 5.03. The minimum Gasteiger partial charge on any atom is -0.0776 e. The molecule has 0 nitrogen and oxygen atoms in total. The van der Waals surface area contributed by atoms with E-state index in [-0.39, 0.29) is 7.43 Å². The molecule has 2 fully saturated rings. The lowest BCUT2D eigenvalue weighted by molar-refractivity contribution is 0.612. The van der Waals surface area contributed by atoms with Gasteiger partial charge in [-0.3, -0.25) is 0 Å². The van der Waals surface area contributed by atoms with Crippen molar-refractivity contribution in [1.82, 2.24) is 0 Å². The number of hydrogen-bond acceptors (Lipinski definition) is 0. The highest BCUT2D eigenvalue weighted by molar-refractivity contribution is 4.61. The van der Waals surface area contributed by atoms with E-state index >= 15 is 0 Å². The summed E-state index contributed by atoms with van der Waals surface area (Å²) < 4.78 is 0. The quantitative estimate of drug-likeness (QED) is 0.495. The monoisotopic (exact) mass is 184 g/mol. The Labute approximate surface area is 85.1 Å². The van der Waals surface area contributed by atoms with Gasteiger partial charge in [0.15, 0.2) is 0 Å². The molecule has 0 bridgehead atoms. The van der Waals surface area contributed by atoms with Gasteiger partial charge < -0.3 is 0 Å². The fourth-order valence-electron chi connectivity index (χ4n) is 2.26. The Balaban J connectivity index is 0.000000206. The van der Waals surface area contributed by atoms with Crippen LogP contribution in [0.4, 0.5) is 0 Å². The lowest BCUT2D eigenvalue weighted by atomic mass is 10.2. The average molecular weight is 184 g/mol. The van der Waals surface area contributed by atoms with Crippen LogP contribution in [0.15, 0.2) is 0 Å². The van der Waals surface area contributed by atoms with E-state index in [2.05, 4.69) is 13.8 Å². The Kier molecular flexibility index (Phi) is 7.41. The van der Waals surface area contributed by atoms with E-state index < -0.39 is 0 Å². The summed E-state index contributed by atoms with van der Waals surface area (Å²) in [6, 6.07) is 0. The van der Waals surface area contributed by atoms with E-state index in [0.717, 1.165) is 11.8 Å². The molecule has 0 atom stereocenters. The van der Waals surface area contributed by atoms with Gasteiger partial charge in [-0.25, -0.2) is 0 Å². The number of rotatable bonds is 0. The molecule has 2 aliphatic carbocycles. The minimum atomic E-state index is 0. The van der Waals surface area contributed by atoms with E-state index in [1.807, 2.05) is 0 Å². The molecule has 0 aliphatic heterocycles. The summed E-state index contributed by atoms with van der Waals surface area (Å²) in [5.74, 6) is 2.09. The largest absolute Gasteiger partial charge is 0.0776 e. The molecule has 0 amide bonds. The van der Waals surface area contributed by atoms with E-state index in [0.29, 0.717) is 0 Å². The molecule has 0 spiro atoms. The van der Waals surface area contributed by atoms with Gasteiger partial charge in [-0.2, -0.15) is 0 Å². The zero-order valence-corrected chi connectivity index (χ0v) is 8.81. The topological polar surface area (TPSA) is 0 Å². The Morgan fingerprint density at radius 1 is 0.615 bits per heavy atom. The van der Waals surface area contributed by atoms with Gasteiger partial charge in [-0.05, 0) is 11.8 Å². The molecule has 80 valence electrons. The van der Waals surface area contributed by atoms with Crippen molar-refractivity contribution >= 4 is 0 Å². The molecule has 0 saturated heterocycles. The zero-order valence-electron chi connectivity index (χ0n) is 8.81. The highest BCUT2D eigenvalue weighted by atomic mass is 14.1. The second kappa shape index (κ2) is 7.41. The third-order valence-electron chi connectivity index (χ3n) is 3.29. The van der Waals surface area contributed by atoms with Crippen LogP contribution in [-0.4, -0.2) is 0 Å². The summed E-state index contributed by atoms with van der Waals surface area (Å²) in [5.41, 5.74) is 0. The molecule has 2 saturated carbocycles. The van der Waals surface area contributed by atoms with E-state index in [9.17, 15) is 0 Å². The molecule has 0 N–H and O–H groups in total. The van der Waals surface area contributed by atoms with Gasteiger partial charge in [-0.1, -0.05) is 72.6 Å². The van der Waals surface area contributed by atoms with Crippen LogP contribution in [-0.2, 0) is 0 Å². The van der Waals surface area contributed by atoms with Crippen molar-refractivity contribution in [3.8, 4) is 0 Å². The van der Waals surface area contributed by atoms with Crippen molar-refractivity contribution in [3.63, 3.8) is 0 Å². The van der Waals surface area contributed by atoms with Crippen LogP contribution in [0, 0.1) is 11.8 Å². The van der Waals surface area contributed by atoms with E-state index in [4.69, 9.17) is 0 Å². The van der Waals surface area contributed by atoms with E-state index in [1.165, 1.54) is 51.4 Å². The summed E-state index contributed by atoms with van der Waals surface area (Å²) >= 11 is 0. The average Bonchev–Trinajstić information content (AvgIpc) is 2.63. The van der Waals surface area contributed by atoms with Gasteiger partial charge in [0, 0.05) is 0 Å². The summed E-state index contributed by atoms with van der Waals surface area (Å²) in [6.07, 6.45) is 11.9. The van der Waals surface area contributed by atoms with Crippen molar-refractivity contribution in [3.05, 3.63) is 0 Å². The molecule has 0 aromatic carbocycles. The SMILES string of the molecule is C.CC1CCCC1.CC1CCCC1. The first-order valence-corrected chi connectivity index (χ1v) is 5.79. The molecule has 13 heavy (non-hydrogen) atoms. The van der Waals surface area contributed by atoms with Gasteiger partial charge in [0.1, 0.15) is 0 Å². The van der Waals surface area contributed by atoms with Crippen molar-refractivity contribution in [2.24, 2.45) is 11.8 Å². The third-order valence-corrected chi connectivity index (χ3v) is 3.29. The van der Waals surface area contributed by atoms with E-state index in [1.54, 1.807) is 0 Å². The van der Waals surface area contributed by atoms with Gasteiger partial charge in [0.25, 0.3) is 0 Å². The Hall–Kier alpha value is 0. The Bertz CT molecular complexity index is 80.6. The highest BCUT2D eigenvalue weighted by Crippen LogP contribution is 2.23. The van der Waals surface area contributed by atoms with Crippen molar-refractivity contribution in [1.29, 1.82) is 0 Å². The molecule has 2 aliphatic rings. The summed E-state index contributed by atoms with van der Waals surface area (Å²) in [7, 11) is 0. The lowest BCUT2D eigenvalue weighted by Crippen LogP contribution is -1.78. The summed E-state index contributed by atoms with van der Waals surface area (Å²) in [5, 5.41) is 0. The van der Waals surface area contributed by atoms with Gasteiger partial charge in [0.05, 0.1) is 0 Å². The first-order valence-electron chi connectivity index (χ1n) is 5.79. The van der Waals surface area contributed by atoms with Gasteiger partial charge in [-0.15, -0.1) is 0 Å². The lowest BCUT2D eigenvalue weighted by Gasteiger charge is -1.91. The summed E-state index contributed by atoms with van der Waals surface area (Å²) in [4.78, 5) is 0. The van der Waals surface area contributed by atoms with Crippen molar-refractivity contribution in [2.45, 2.75) is 72.6 Å². The van der Waals surface area contributed by atoms with Crippen LogP contribution < -0.4 is 0 Å². The molecule has 0 heteroatoms. The fourth-order valence-corrected chi connectivity index (χ4v) is 2.26. The van der Waals surface area contributed by atoms with Crippen molar-refractivity contribution < 1.29 is 0 Å². The first kappa shape index (κ1) is 13.0. The Morgan fingerprint density at radius 2 is 0.846 bits per heavy atom. The predicted molar refractivity (Wildman–Crippen MR) is 62.0 cm³/mol. The highest BCUT2D eigenvalue weighted by Gasteiger charge is 2.07. The maximum atomic E-state index is 2.34. The maximum Gasteiger partial charge on any atom is -0.0443 e. The van der Waals surface area contributed by atoms with Gasteiger partial charge in [0.2, 0.25) is 0 Å². The maximum absolute atomic E-state index is 2.34. The van der Waals surface area contributed by atoms with Gasteiger partial charge >= 0.3 is 0 Å². The van der Waals surface area contributed by atoms with Crippen LogP contribution in [0.2, 0.25) is 0 Å². The molecule has 0 aromatic rings. The first-order chi connectivity index (χ1) is 5.79.